The second-order valence-corrected chi connectivity index (χ2v) is 7.70. The Morgan fingerprint density at radius 1 is 1.00 bits per heavy atom. The number of aryl methyl sites for hydroxylation is 1. The molecular formula is C23H26N4O2. The molecule has 0 bridgehead atoms. The summed E-state index contributed by atoms with van der Waals surface area (Å²) in [6.07, 6.45) is 6.47. The molecule has 6 heteroatoms. The van der Waals surface area contributed by atoms with Gasteiger partial charge < -0.3 is 10.6 Å². The molecule has 3 aromatic rings. The maximum Gasteiger partial charge on any atom is 0.274 e. The first-order chi connectivity index (χ1) is 14.1. The summed E-state index contributed by atoms with van der Waals surface area (Å²) in [7, 11) is 1.61. The Balaban J connectivity index is 1.43. The molecule has 0 unspecified atom stereocenters. The van der Waals surface area contributed by atoms with Crippen molar-refractivity contribution in [2.24, 2.45) is 7.05 Å². The fraction of sp³-hybridized carbons (Fsp3) is 0.348. The average molecular weight is 390 g/mol. The van der Waals surface area contributed by atoms with Crippen molar-refractivity contribution in [3.63, 3.8) is 0 Å². The smallest absolute Gasteiger partial charge is 0.274 e. The van der Waals surface area contributed by atoms with Crippen molar-refractivity contribution in [1.29, 1.82) is 0 Å². The SMILES string of the molecule is Cn1nc(CC(=O)Nc2ccc(NC3CCCCC3)cc2)c2ccccc2c1=O. The van der Waals surface area contributed by atoms with Crippen LogP contribution >= 0.6 is 0 Å². The molecule has 1 amide bonds. The number of nitrogens with zero attached hydrogens (tertiary/aromatic N) is 2. The Hall–Kier alpha value is -3.15. The average Bonchev–Trinajstić information content (AvgIpc) is 2.74. The third kappa shape index (κ3) is 4.47. The number of nitrogens with one attached hydrogen (secondary N) is 2. The van der Waals surface area contributed by atoms with Crippen LogP contribution in [0.25, 0.3) is 10.8 Å². The normalized spacial score (nSPS) is 14.7. The van der Waals surface area contributed by atoms with Gasteiger partial charge in [-0.25, -0.2) is 4.68 Å². The summed E-state index contributed by atoms with van der Waals surface area (Å²) in [5, 5.41) is 12.1. The summed E-state index contributed by atoms with van der Waals surface area (Å²) in [5.41, 5.74) is 2.26. The lowest BCUT2D eigenvalue weighted by atomic mass is 9.95. The molecule has 2 aromatic carbocycles. The molecule has 0 spiro atoms. The lowest BCUT2D eigenvalue weighted by molar-refractivity contribution is -0.115. The molecule has 6 nitrogen and oxygen atoms in total. The molecule has 0 aliphatic heterocycles. The van der Waals surface area contributed by atoms with E-state index in [0.717, 1.165) is 16.8 Å². The molecule has 4 rings (SSSR count). The number of hydrogen-bond donors (Lipinski definition) is 2. The van der Waals surface area contributed by atoms with Gasteiger partial charge in [-0.05, 0) is 43.2 Å². The molecule has 0 atom stereocenters. The first-order valence-electron chi connectivity index (χ1n) is 10.2. The monoisotopic (exact) mass is 390 g/mol. The molecule has 0 radical (unpaired) electrons. The van der Waals surface area contributed by atoms with E-state index in [0.29, 0.717) is 17.1 Å². The van der Waals surface area contributed by atoms with Crippen molar-refractivity contribution in [2.45, 2.75) is 44.6 Å². The highest BCUT2D eigenvalue weighted by atomic mass is 16.1. The van der Waals surface area contributed by atoms with E-state index in [-0.39, 0.29) is 17.9 Å². The largest absolute Gasteiger partial charge is 0.382 e. The van der Waals surface area contributed by atoms with Crippen molar-refractivity contribution < 1.29 is 4.79 Å². The van der Waals surface area contributed by atoms with E-state index in [1.54, 1.807) is 13.1 Å². The lowest BCUT2D eigenvalue weighted by Gasteiger charge is -2.23. The van der Waals surface area contributed by atoms with Gasteiger partial charge in [0.15, 0.2) is 0 Å². The number of rotatable bonds is 5. The Labute approximate surface area is 169 Å². The first kappa shape index (κ1) is 19.2. The van der Waals surface area contributed by atoms with Crippen LogP contribution in [0.5, 0.6) is 0 Å². The zero-order valence-corrected chi connectivity index (χ0v) is 16.6. The van der Waals surface area contributed by atoms with E-state index in [4.69, 9.17) is 0 Å². The Morgan fingerprint density at radius 3 is 2.38 bits per heavy atom. The molecule has 2 N–H and O–H groups in total. The first-order valence-corrected chi connectivity index (χ1v) is 10.2. The molecule has 1 heterocycles. The van der Waals surface area contributed by atoms with E-state index < -0.39 is 0 Å². The van der Waals surface area contributed by atoms with Gasteiger partial charge in [-0.1, -0.05) is 37.5 Å². The van der Waals surface area contributed by atoms with Gasteiger partial charge in [-0.15, -0.1) is 0 Å². The highest BCUT2D eigenvalue weighted by Crippen LogP contribution is 2.22. The molecule has 1 aliphatic rings. The Morgan fingerprint density at radius 2 is 1.66 bits per heavy atom. The maximum atomic E-state index is 12.6. The number of benzene rings is 2. The number of hydrogen-bond acceptors (Lipinski definition) is 4. The van der Waals surface area contributed by atoms with Crippen LogP contribution in [0.4, 0.5) is 11.4 Å². The molecule has 1 fully saturated rings. The second-order valence-electron chi connectivity index (χ2n) is 7.70. The van der Waals surface area contributed by atoms with Crippen molar-refractivity contribution >= 4 is 28.1 Å². The third-order valence-electron chi connectivity index (χ3n) is 5.51. The van der Waals surface area contributed by atoms with Gasteiger partial charge in [-0.2, -0.15) is 5.10 Å². The van der Waals surface area contributed by atoms with Gasteiger partial charge in [0.25, 0.3) is 5.56 Å². The minimum atomic E-state index is -0.161. The summed E-state index contributed by atoms with van der Waals surface area (Å²) in [6.45, 7) is 0. The molecule has 150 valence electrons. The minimum absolute atomic E-state index is 0.108. The number of aromatic nitrogens is 2. The zero-order chi connectivity index (χ0) is 20.2. The fourth-order valence-electron chi connectivity index (χ4n) is 4.00. The number of fused-ring (bicyclic) bond motifs is 1. The Bertz CT molecular complexity index is 1070. The van der Waals surface area contributed by atoms with E-state index in [2.05, 4.69) is 15.7 Å². The lowest BCUT2D eigenvalue weighted by Crippen LogP contribution is -2.24. The predicted octanol–water partition coefficient (Wildman–Crippen LogP) is 3.86. The molecule has 0 saturated heterocycles. The number of carbonyl (C=O) groups is 1. The number of amides is 1. The predicted molar refractivity (Wildman–Crippen MR) is 116 cm³/mol. The van der Waals surface area contributed by atoms with Crippen LogP contribution < -0.4 is 16.2 Å². The zero-order valence-electron chi connectivity index (χ0n) is 16.6. The molecular weight excluding hydrogens is 364 g/mol. The van der Waals surface area contributed by atoms with Crippen LogP contribution in [0.1, 0.15) is 37.8 Å². The van der Waals surface area contributed by atoms with E-state index in [9.17, 15) is 9.59 Å². The van der Waals surface area contributed by atoms with E-state index >= 15 is 0 Å². The Kier molecular flexibility index (Phi) is 5.60. The molecule has 1 aromatic heterocycles. The second kappa shape index (κ2) is 8.47. The van der Waals surface area contributed by atoms with Crippen molar-refractivity contribution in [3.05, 3.63) is 64.6 Å². The summed E-state index contributed by atoms with van der Waals surface area (Å²) >= 11 is 0. The van der Waals surface area contributed by atoms with Gasteiger partial charge in [0, 0.05) is 29.9 Å². The number of carbonyl (C=O) groups excluding carboxylic acids is 1. The highest BCUT2D eigenvalue weighted by molar-refractivity contribution is 5.95. The van der Waals surface area contributed by atoms with Crippen molar-refractivity contribution in [2.75, 3.05) is 10.6 Å². The minimum Gasteiger partial charge on any atom is -0.382 e. The molecule has 29 heavy (non-hydrogen) atoms. The van der Waals surface area contributed by atoms with Crippen LogP contribution in [0.2, 0.25) is 0 Å². The number of anilines is 2. The van der Waals surface area contributed by atoms with E-state index in [1.807, 2.05) is 42.5 Å². The third-order valence-corrected chi connectivity index (χ3v) is 5.51. The summed E-state index contributed by atoms with van der Waals surface area (Å²) in [6, 6.07) is 15.6. The van der Waals surface area contributed by atoms with Crippen molar-refractivity contribution in [3.8, 4) is 0 Å². The van der Waals surface area contributed by atoms with Gasteiger partial charge in [0.1, 0.15) is 0 Å². The quantitative estimate of drug-likeness (QED) is 0.694. The standard InChI is InChI=1S/C23H26N4O2/c1-27-23(29)20-10-6-5-9-19(20)21(26-27)15-22(28)25-18-13-11-17(12-14-18)24-16-7-3-2-4-8-16/h5-6,9-14,16,24H,2-4,7-8,15H2,1H3,(H,25,28). The van der Waals surface area contributed by atoms with E-state index in [1.165, 1.54) is 36.8 Å². The van der Waals surface area contributed by atoms with Crippen LogP contribution in [0.15, 0.2) is 53.3 Å². The van der Waals surface area contributed by atoms with Gasteiger partial charge in [-0.3, -0.25) is 9.59 Å². The summed E-state index contributed by atoms with van der Waals surface area (Å²) in [4.78, 5) is 24.8. The van der Waals surface area contributed by atoms with Crippen LogP contribution in [0.3, 0.4) is 0 Å². The van der Waals surface area contributed by atoms with Gasteiger partial charge in [0.05, 0.1) is 17.5 Å². The summed E-state index contributed by atoms with van der Waals surface area (Å²) in [5.74, 6) is -0.158. The fourth-order valence-corrected chi connectivity index (χ4v) is 4.00. The maximum absolute atomic E-state index is 12.6. The van der Waals surface area contributed by atoms with Crippen molar-refractivity contribution in [1.82, 2.24) is 9.78 Å². The van der Waals surface area contributed by atoms with Crippen LogP contribution in [-0.2, 0) is 18.3 Å². The molecule has 1 saturated carbocycles. The van der Waals surface area contributed by atoms with Gasteiger partial charge in [0.2, 0.25) is 5.91 Å². The molecule has 1 aliphatic carbocycles. The topological polar surface area (TPSA) is 76.0 Å². The summed E-state index contributed by atoms with van der Waals surface area (Å²) < 4.78 is 1.29. The van der Waals surface area contributed by atoms with Gasteiger partial charge >= 0.3 is 0 Å². The van der Waals surface area contributed by atoms with Crippen LogP contribution in [0, 0.1) is 0 Å². The highest BCUT2D eigenvalue weighted by Gasteiger charge is 2.14. The van der Waals surface area contributed by atoms with Crippen LogP contribution in [-0.4, -0.2) is 21.7 Å².